The summed E-state index contributed by atoms with van der Waals surface area (Å²) in [5.74, 6) is 0.771. The maximum atomic E-state index is 10.6. The van der Waals surface area contributed by atoms with E-state index in [9.17, 15) is 9.59 Å². The smallest absolute Gasteiger partial charge is 0.185 e. The monoisotopic (exact) mass is 414 g/mol. The van der Waals surface area contributed by atoms with Gasteiger partial charge in [-0.3, -0.25) is 9.59 Å². The second kappa shape index (κ2) is 10.2. The highest BCUT2D eigenvalue weighted by Crippen LogP contribution is 2.09. The average Bonchev–Trinajstić information content (AvgIpc) is 2.03. The third-order valence-corrected chi connectivity index (χ3v) is 2.30. The Morgan fingerprint density at radius 1 is 1.33 bits per heavy atom. The molecule has 0 N–H and O–H groups in total. The molecule has 0 saturated heterocycles. The van der Waals surface area contributed by atoms with Crippen LogP contribution in [0.1, 0.15) is 20.8 Å². The molecule has 72 valence electrons. The lowest BCUT2D eigenvalue weighted by Crippen LogP contribution is -2.09. The Bertz CT molecular complexity index is 150. The molecular weight excluding hydrogens is 402 g/mol. The normalized spacial score (nSPS) is 11.1. The van der Waals surface area contributed by atoms with Crippen LogP contribution in [0, 0.1) is 5.92 Å². The first-order valence-corrected chi connectivity index (χ1v) is 10.6. The molecule has 0 fully saturated rings. The Labute approximate surface area is 101 Å². The molecule has 0 heterocycles. The van der Waals surface area contributed by atoms with Crippen LogP contribution in [-0.2, 0) is 9.59 Å². The molecule has 1 atom stereocenters. The van der Waals surface area contributed by atoms with E-state index < -0.39 is 0 Å². The summed E-state index contributed by atoms with van der Waals surface area (Å²) in [6, 6.07) is 0. The van der Waals surface area contributed by atoms with Gasteiger partial charge in [-0.2, -0.15) is 0 Å². The molecule has 0 spiro atoms. The summed E-state index contributed by atoms with van der Waals surface area (Å²) in [6.07, 6.45) is 0. The fraction of sp³-hybridized carbons (Fsp3) is 0.714. The quantitative estimate of drug-likeness (QED) is 0.666. The fourth-order valence-electron chi connectivity index (χ4n) is 0.360. The number of carbonyl (C=O) groups excluding carboxylic acids is 2. The van der Waals surface area contributed by atoms with Gasteiger partial charge in [0.1, 0.15) is 5.78 Å². The highest BCUT2D eigenvalue weighted by atomic mass is 128. The molecule has 12 heavy (non-hydrogen) atoms. The summed E-state index contributed by atoms with van der Waals surface area (Å²) >= 11 is 5.45. The molecule has 0 saturated carbocycles. The van der Waals surface area contributed by atoms with Crippen LogP contribution < -0.4 is 0 Å². The van der Waals surface area contributed by atoms with E-state index in [1.807, 2.05) is 6.92 Å². The number of rotatable bonds is 3. The van der Waals surface area contributed by atoms with Gasteiger partial charge in [-0.15, -0.1) is 0 Å². The third kappa shape index (κ3) is 11.2. The zero-order valence-corrected chi connectivity index (χ0v) is 12.4. The van der Waals surface area contributed by atoms with Crippen molar-refractivity contribution in [1.29, 1.82) is 0 Å². The van der Waals surface area contributed by atoms with Crippen LogP contribution in [0.5, 0.6) is 0 Å². The molecule has 0 aliphatic heterocycles. The van der Waals surface area contributed by atoms with Crippen molar-refractivity contribution < 1.29 is 9.59 Å². The molecule has 2 nitrogen and oxygen atoms in total. The van der Waals surface area contributed by atoms with Crippen molar-refractivity contribution in [1.82, 2.24) is 0 Å². The van der Waals surface area contributed by atoms with E-state index in [0.717, 1.165) is 0 Å². The topological polar surface area (TPSA) is 34.1 Å². The Hall–Kier alpha value is 1.15. The first-order chi connectivity index (χ1) is 5.54. The summed E-state index contributed by atoms with van der Waals surface area (Å²) < 4.78 is 0. The molecule has 1 unspecified atom stereocenters. The minimum atomic E-state index is 0.00824. The van der Waals surface area contributed by atoms with Gasteiger partial charge >= 0.3 is 0 Å². The van der Waals surface area contributed by atoms with Gasteiger partial charge in [-0.05, 0) is 6.92 Å². The summed E-state index contributed by atoms with van der Waals surface area (Å²) in [5.41, 5.74) is 0. The van der Waals surface area contributed by atoms with Crippen LogP contribution in [-0.4, -0.2) is 16.7 Å². The van der Waals surface area contributed by atoms with Gasteiger partial charge in [0.25, 0.3) is 0 Å². The highest BCUT2D eigenvalue weighted by molar-refractivity contribution is 15.0. The van der Waals surface area contributed by atoms with Crippen molar-refractivity contribution in [2.24, 2.45) is 5.92 Å². The van der Waals surface area contributed by atoms with Crippen LogP contribution in [0.4, 0.5) is 0 Å². The maximum Gasteiger partial charge on any atom is 0.185 e. The predicted octanol–water partition coefficient (Wildman–Crippen LogP) is 3.26. The van der Waals surface area contributed by atoms with Crippen LogP contribution in [0.2, 0.25) is 0 Å². The Balaban J connectivity index is 0. The van der Waals surface area contributed by atoms with E-state index in [2.05, 4.69) is 37.2 Å². The highest BCUT2D eigenvalue weighted by Gasteiger charge is 2.07. The largest absolute Gasteiger partial charge is 0.300 e. The zero-order valence-electron chi connectivity index (χ0n) is 7.27. The molecule has 0 radical (unpaired) electrons. The van der Waals surface area contributed by atoms with Crippen LogP contribution in [0.3, 0.4) is 0 Å². The second-order valence-electron chi connectivity index (χ2n) is 2.31. The summed E-state index contributed by atoms with van der Waals surface area (Å²) in [5, 5.41) is 0.0769. The number of thioether (sulfide) groups is 1. The van der Waals surface area contributed by atoms with Gasteiger partial charge in [-0.1, -0.05) is 18.7 Å². The third-order valence-electron chi connectivity index (χ3n) is 1.23. The van der Waals surface area contributed by atoms with E-state index in [1.54, 1.807) is 6.92 Å². The van der Waals surface area contributed by atoms with Crippen molar-refractivity contribution in [2.45, 2.75) is 20.8 Å². The molecule has 0 aliphatic rings. The standard InChI is InChI=1S/C7H12O2S.I2/c1-5(6(2)8)4-10-7(3)9;1-2/h5H,4H2,1-3H3;. The SMILES string of the molecule is CC(=O)SCC(C)C(C)=O.II. The van der Waals surface area contributed by atoms with Crippen molar-refractivity contribution in [3.05, 3.63) is 0 Å². The second-order valence-corrected chi connectivity index (χ2v) is 3.51. The minimum absolute atomic E-state index is 0.00824. The molecule has 0 aromatic carbocycles. The molecule has 0 aliphatic carbocycles. The average molecular weight is 414 g/mol. The predicted molar refractivity (Wildman–Crippen MR) is 71.0 cm³/mol. The zero-order chi connectivity index (χ0) is 10.1. The van der Waals surface area contributed by atoms with Crippen LogP contribution in [0.15, 0.2) is 0 Å². The first kappa shape index (κ1) is 15.6. The maximum absolute atomic E-state index is 10.6. The van der Waals surface area contributed by atoms with Gasteiger partial charge in [0.15, 0.2) is 5.12 Å². The van der Waals surface area contributed by atoms with Crippen molar-refractivity contribution >= 4 is 59.9 Å². The number of ketones is 1. The van der Waals surface area contributed by atoms with E-state index in [0.29, 0.717) is 5.75 Å². The minimum Gasteiger partial charge on any atom is -0.300 e. The van der Waals surface area contributed by atoms with Gasteiger partial charge < -0.3 is 0 Å². The van der Waals surface area contributed by atoms with E-state index in [-0.39, 0.29) is 16.8 Å². The summed E-state index contributed by atoms with van der Waals surface area (Å²) in [4.78, 5) is 21.1. The lowest BCUT2D eigenvalue weighted by atomic mass is 10.1. The number of halogens is 2. The fourth-order valence-corrected chi connectivity index (χ4v) is 1.08. The first-order valence-electron chi connectivity index (χ1n) is 3.32. The van der Waals surface area contributed by atoms with Crippen molar-refractivity contribution in [2.75, 3.05) is 5.75 Å². The summed E-state index contributed by atoms with van der Waals surface area (Å²) in [6.45, 7) is 4.89. The summed E-state index contributed by atoms with van der Waals surface area (Å²) in [7, 11) is 0. The lowest BCUT2D eigenvalue weighted by Gasteiger charge is -2.02. The van der Waals surface area contributed by atoms with Crippen molar-refractivity contribution in [3.63, 3.8) is 0 Å². The molecule has 0 aromatic rings. The molecule has 5 heteroatoms. The molecule has 0 aromatic heterocycles. The van der Waals surface area contributed by atoms with Gasteiger partial charge in [0.05, 0.1) is 0 Å². The van der Waals surface area contributed by atoms with E-state index >= 15 is 0 Å². The van der Waals surface area contributed by atoms with Gasteiger partial charge in [0, 0.05) is 55.8 Å². The molecule has 0 rings (SSSR count). The Morgan fingerprint density at radius 3 is 2.00 bits per heavy atom. The van der Waals surface area contributed by atoms with E-state index in [4.69, 9.17) is 0 Å². The number of hydrogen-bond donors (Lipinski definition) is 0. The van der Waals surface area contributed by atoms with E-state index in [1.165, 1.54) is 18.7 Å². The van der Waals surface area contributed by atoms with Crippen molar-refractivity contribution in [3.8, 4) is 0 Å². The van der Waals surface area contributed by atoms with Gasteiger partial charge in [0.2, 0.25) is 0 Å². The molecule has 0 amide bonds. The Morgan fingerprint density at radius 2 is 1.75 bits per heavy atom. The molecule has 0 bridgehead atoms. The number of Topliss-reactive ketones (excluding diaryl/α,β-unsaturated/α-hetero) is 1. The number of carbonyl (C=O) groups is 2. The Kier molecular flexibility index (Phi) is 13.3. The van der Waals surface area contributed by atoms with Gasteiger partial charge in [-0.25, -0.2) is 0 Å². The van der Waals surface area contributed by atoms with Crippen LogP contribution in [0.25, 0.3) is 0 Å². The van der Waals surface area contributed by atoms with Crippen LogP contribution >= 0.6 is 49.0 Å². The lowest BCUT2D eigenvalue weighted by molar-refractivity contribution is -0.119. The molecular formula is C7H12I2O2S. The number of hydrogen-bond acceptors (Lipinski definition) is 3.